The SMILES string of the molecule is CCCNC(C)C(C)c1ccc([N+](=O)[O-])c(OCC)c1. The maximum atomic E-state index is 11.0. The third kappa shape index (κ3) is 4.20. The Labute approximate surface area is 120 Å². The van der Waals surface area contributed by atoms with Gasteiger partial charge in [-0.3, -0.25) is 10.1 Å². The molecule has 0 saturated heterocycles. The van der Waals surface area contributed by atoms with Crippen LogP contribution in [0.15, 0.2) is 18.2 Å². The zero-order chi connectivity index (χ0) is 15.1. The summed E-state index contributed by atoms with van der Waals surface area (Å²) in [5.41, 5.74) is 1.08. The fourth-order valence-electron chi connectivity index (χ4n) is 2.07. The van der Waals surface area contributed by atoms with Gasteiger partial charge in [-0.25, -0.2) is 0 Å². The summed E-state index contributed by atoms with van der Waals surface area (Å²) < 4.78 is 5.39. The summed E-state index contributed by atoms with van der Waals surface area (Å²) >= 11 is 0. The first-order valence-corrected chi connectivity index (χ1v) is 7.15. The Morgan fingerprint density at radius 1 is 1.35 bits per heavy atom. The Morgan fingerprint density at radius 3 is 2.60 bits per heavy atom. The highest BCUT2D eigenvalue weighted by Crippen LogP contribution is 2.31. The predicted molar refractivity (Wildman–Crippen MR) is 80.4 cm³/mol. The molecule has 2 unspecified atom stereocenters. The largest absolute Gasteiger partial charge is 0.487 e. The monoisotopic (exact) mass is 280 g/mol. The molecule has 0 aliphatic rings. The Hall–Kier alpha value is -1.62. The average Bonchev–Trinajstić information content (AvgIpc) is 2.43. The van der Waals surface area contributed by atoms with Crippen LogP contribution in [-0.2, 0) is 0 Å². The quantitative estimate of drug-likeness (QED) is 0.585. The molecule has 1 aromatic carbocycles. The first kappa shape index (κ1) is 16.4. The molecule has 0 amide bonds. The fourth-order valence-corrected chi connectivity index (χ4v) is 2.07. The smallest absolute Gasteiger partial charge is 0.310 e. The molecule has 0 aromatic heterocycles. The standard InChI is InChI=1S/C15H24N2O3/c1-5-9-16-12(4)11(3)13-7-8-14(17(18)19)15(10-13)20-6-2/h7-8,10-12,16H,5-6,9H2,1-4H3. The van der Waals surface area contributed by atoms with Gasteiger partial charge in [0.1, 0.15) is 0 Å². The minimum absolute atomic E-state index is 0.0250. The molecular formula is C15H24N2O3. The van der Waals surface area contributed by atoms with Crippen molar-refractivity contribution in [1.29, 1.82) is 0 Å². The van der Waals surface area contributed by atoms with E-state index in [4.69, 9.17) is 4.74 Å². The molecule has 0 spiro atoms. The van der Waals surface area contributed by atoms with Crippen LogP contribution in [0.25, 0.3) is 0 Å². The summed E-state index contributed by atoms with van der Waals surface area (Å²) in [5, 5.41) is 14.4. The van der Waals surface area contributed by atoms with E-state index in [9.17, 15) is 10.1 Å². The van der Waals surface area contributed by atoms with E-state index in [0.717, 1.165) is 18.5 Å². The molecule has 2 atom stereocenters. The molecule has 5 heteroatoms. The van der Waals surface area contributed by atoms with E-state index in [-0.39, 0.29) is 11.6 Å². The highest BCUT2D eigenvalue weighted by atomic mass is 16.6. The number of nitro benzene ring substituents is 1. The van der Waals surface area contributed by atoms with Gasteiger partial charge in [-0.1, -0.05) is 19.9 Å². The molecule has 0 aliphatic carbocycles. The maximum absolute atomic E-state index is 11.0. The Bertz CT molecular complexity index is 449. The first-order chi connectivity index (χ1) is 9.51. The minimum Gasteiger partial charge on any atom is -0.487 e. The van der Waals surface area contributed by atoms with Crippen LogP contribution in [0.1, 0.15) is 45.6 Å². The third-order valence-electron chi connectivity index (χ3n) is 3.47. The van der Waals surface area contributed by atoms with E-state index in [1.807, 2.05) is 13.0 Å². The van der Waals surface area contributed by atoms with Gasteiger partial charge in [0.2, 0.25) is 0 Å². The van der Waals surface area contributed by atoms with Crippen molar-refractivity contribution < 1.29 is 9.66 Å². The van der Waals surface area contributed by atoms with Crippen molar-refractivity contribution in [3.63, 3.8) is 0 Å². The highest BCUT2D eigenvalue weighted by molar-refractivity contribution is 5.49. The summed E-state index contributed by atoms with van der Waals surface area (Å²) in [6.45, 7) is 9.58. The van der Waals surface area contributed by atoms with E-state index >= 15 is 0 Å². The zero-order valence-corrected chi connectivity index (χ0v) is 12.7. The van der Waals surface area contributed by atoms with Crippen LogP contribution in [0.5, 0.6) is 5.75 Å². The van der Waals surface area contributed by atoms with Crippen LogP contribution in [0.4, 0.5) is 5.69 Å². The summed E-state index contributed by atoms with van der Waals surface area (Å²) in [4.78, 5) is 10.6. The van der Waals surface area contributed by atoms with Crippen molar-refractivity contribution in [3.05, 3.63) is 33.9 Å². The van der Waals surface area contributed by atoms with Crippen molar-refractivity contribution in [2.75, 3.05) is 13.2 Å². The average molecular weight is 280 g/mol. The van der Waals surface area contributed by atoms with Gasteiger partial charge in [-0.15, -0.1) is 0 Å². The Morgan fingerprint density at radius 2 is 2.05 bits per heavy atom. The van der Waals surface area contributed by atoms with Gasteiger partial charge in [-0.2, -0.15) is 0 Å². The highest BCUT2D eigenvalue weighted by Gasteiger charge is 2.20. The molecule has 0 bridgehead atoms. The number of nitrogens with one attached hydrogen (secondary N) is 1. The normalized spacial score (nSPS) is 13.8. The van der Waals surface area contributed by atoms with E-state index < -0.39 is 4.92 Å². The lowest BCUT2D eigenvalue weighted by Gasteiger charge is -2.22. The van der Waals surface area contributed by atoms with E-state index in [1.165, 1.54) is 6.07 Å². The van der Waals surface area contributed by atoms with Gasteiger partial charge in [0, 0.05) is 12.1 Å². The number of benzene rings is 1. The number of hydrogen-bond donors (Lipinski definition) is 1. The van der Waals surface area contributed by atoms with Crippen molar-refractivity contribution in [1.82, 2.24) is 5.32 Å². The lowest BCUT2D eigenvalue weighted by Crippen LogP contribution is -2.31. The number of hydrogen-bond acceptors (Lipinski definition) is 4. The molecule has 0 fully saturated rings. The second-order valence-corrected chi connectivity index (χ2v) is 4.95. The van der Waals surface area contributed by atoms with Gasteiger partial charge in [0.25, 0.3) is 0 Å². The van der Waals surface area contributed by atoms with Crippen LogP contribution in [-0.4, -0.2) is 24.1 Å². The van der Waals surface area contributed by atoms with Crippen molar-refractivity contribution in [3.8, 4) is 5.75 Å². The number of nitro groups is 1. The summed E-state index contributed by atoms with van der Waals surface area (Å²) in [7, 11) is 0. The van der Waals surface area contributed by atoms with Gasteiger partial charge < -0.3 is 10.1 Å². The number of nitrogens with zero attached hydrogens (tertiary/aromatic N) is 1. The molecule has 0 saturated carbocycles. The van der Waals surface area contributed by atoms with E-state index in [2.05, 4.69) is 26.1 Å². The molecule has 112 valence electrons. The molecule has 0 radical (unpaired) electrons. The predicted octanol–water partition coefficient (Wildman–Crippen LogP) is 3.49. The minimum atomic E-state index is -0.405. The number of rotatable bonds is 8. The second kappa shape index (κ2) is 7.85. The van der Waals surface area contributed by atoms with Crippen molar-refractivity contribution in [2.45, 2.75) is 46.1 Å². The van der Waals surface area contributed by atoms with Gasteiger partial charge >= 0.3 is 5.69 Å². The molecule has 1 rings (SSSR count). The van der Waals surface area contributed by atoms with E-state index in [1.54, 1.807) is 6.07 Å². The van der Waals surface area contributed by atoms with Gasteiger partial charge in [0.05, 0.1) is 11.5 Å². The molecule has 1 N–H and O–H groups in total. The molecule has 1 aromatic rings. The van der Waals surface area contributed by atoms with Gasteiger partial charge in [-0.05, 0) is 44.4 Å². The maximum Gasteiger partial charge on any atom is 0.310 e. The van der Waals surface area contributed by atoms with Crippen LogP contribution in [0, 0.1) is 10.1 Å². The zero-order valence-electron chi connectivity index (χ0n) is 12.7. The van der Waals surface area contributed by atoms with Crippen molar-refractivity contribution >= 4 is 5.69 Å². The third-order valence-corrected chi connectivity index (χ3v) is 3.47. The first-order valence-electron chi connectivity index (χ1n) is 7.15. The topological polar surface area (TPSA) is 64.4 Å². The van der Waals surface area contributed by atoms with Crippen LogP contribution in [0.3, 0.4) is 0 Å². The molecule has 20 heavy (non-hydrogen) atoms. The Balaban J connectivity index is 2.95. The van der Waals surface area contributed by atoms with Crippen molar-refractivity contribution in [2.24, 2.45) is 0 Å². The molecule has 5 nitrogen and oxygen atoms in total. The lowest BCUT2D eigenvalue weighted by molar-refractivity contribution is -0.385. The van der Waals surface area contributed by atoms with Crippen LogP contribution >= 0.6 is 0 Å². The molecule has 0 aliphatic heterocycles. The fraction of sp³-hybridized carbons (Fsp3) is 0.600. The van der Waals surface area contributed by atoms with Crippen LogP contribution in [0.2, 0.25) is 0 Å². The summed E-state index contributed by atoms with van der Waals surface area (Å²) in [6, 6.07) is 5.45. The molecular weight excluding hydrogens is 256 g/mol. The van der Waals surface area contributed by atoms with Crippen LogP contribution < -0.4 is 10.1 Å². The second-order valence-electron chi connectivity index (χ2n) is 4.95. The molecule has 0 heterocycles. The summed E-state index contributed by atoms with van der Waals surface area (Å²) in [6.07, 6.45) is 1.08. The summed E-state index contributed by atoms with van der Waals surface area (Å²) in [5.74, 6) is 0.617. The van der Waals surface area contributed by atoms with Gasteiger partial charge in [0.15, 0.2) is 5.75 Å². The van der Waals surface area contributed by atoms with E-state index in [0.29, 0.717) is 18.4 Å². The number of ether oxygens (including phenoxy) is 1. The Kier molecular flexibility index (Phi) is 6.45. The lowest BCUT2D eigenvalue weighted by atomic mass is 9.94.